The van der Waals surface area contributed by atoms with Crippen molar-refractivity contribution in [2.45, 2.75) is 90.9 Å². The maximum atomic E-state index is 14.5. The molecule has 0 unspecified atom stereocenters. The van der Waals surface area contributed by atoms with Crippen molar-refractivity contribution in [3.8, 4) is 11.4 Å². The minimum absolute atomic E-state index is 0.138. The number of hydrogen-bond acceptors (Lipinski definition) is 2. The minimum Gasteiger partial charge on any atom is -0.236 e. The lowest BCUT2D eigenvalue weighted by molar-refractivity contribution is 0.498. The first kappa shape index (κ1) is 22.4. The van der Waals surface area contributed by atoms with Crippen LogP contribution in [0.25, 0.3) is 11.4 Å². The molecule has 28 heavy (non-hydrogen) atoms. The number of nitrogens with zero attached hydrogens (tertiary/aromatic N) is 2. The zero-order chi connectivity index (χ0) is 20.2. The molecule has 0 saturated carbocycles. The van der Waals surface area contributed by atoms with Crippen LogP contribution in [-0.4, -0.2) is 9.97 Å². The second-order valence-electron chi connectivity index (χ2n) is 7.64. The summed E-state index contributed by atoms with van der Waals surface area (Å²) >= 11 is 0. The van der Waals surface area contributed by atoms with E-state index in [0.29, 0.717) is 12.0 Å². The smallest absolute Gasteiger partial charge is 0.170 e. The van der Waals surface area contributed by atoms with E-state index in [4.69, 9.17) is 0 Å². The molecular weight excluding hydrogens is 354 g/mol. The molecule has 0 aliphatic rings. The van der Waals surface area contributed by atoms with Crippen LogP contribution in [0.5, 0.6) is 0 Å². The molecule has 0 atom stereocenters. The second-order valence-corrected chi connectivity index (χ2v) is 7.64. The third-order valence-corrected chi connectivity index (χ3v) is 5.23. The predicted molar refractivity (Wildman–Crippen MR) is 112 cm³/mol. The highest BCUT2D eigenvalue weighted by molar-refractivity contribution is 5.56. The Morgan fingerprint density at radius 1 is 0.679 bits per heavy atom. The van der Waals surface area contributed by atoms with Crippen LogP contribution in [0, 0.1) is 11.6 Å². The fourth-order valence-electron chi connectivity index (χ4n) is 3.43. The molecule has 2 rings (SSSR count). The third kappa shape index (κ3) is 6.96. The van der Waals surface area contributed by atoms with Gasteiger partial charge in [-0.05, 0) is 42.9 Å². The van der Waals surface area contributed by atoms with Gasteiger partial charge >= 0.3 is 0 Å². The SMILES string of the molecule is CCCCCCCCCc1cnc(-c2ccc(CCCCC)c(F)c2F)nc1. The van der Waals surface area contributed by atoms with E-state index in [1.165, 1.54) is 38.5 Å². The van der Waals surface area contributed by atoms with Gasteiger partial charge in [-0.25, -0.2) is 18.7 Å². The standard InChI is InChI=1S/C24H34F2N2/c1-3-5-7-8-9-10-12-13-19-17-27-24(28-18-19)21-16-15-20(14-11-6-4-2)22(25)23(21)26/h15-18H,3-14H2,1-2H3. The quantitative estimate of drug-likeness (QED) is 0.333. The van der Waals surface area contributed by atoms with Gasteiger partial charge in [-0.2, -0.15) is 0 Å². The minimum atomic E-state index is -0.839. The van der Waals surface area contributed by atoms with Crippen LogP contribution in [-0.2, 0) is 12.8 Å². The molecule has 1 aromatic heterocycles. The molecule has 0 fully saturated rings. The van der Waals surface area contributed by atoms with Gasteiger partial charge in [0.05, 0.1) is 5.56 Å². The zero-order valence-electron chi connectivity index (χ0n) is 17.4. The van der Waals surface area contributed by atoms with Crippen molar-refractivity contribution in [2.24, 2.45) is 0 Å². The second kappa shape index (κ2) is 12.6. The molecule has 0 aliphatic carbocycles. The van der Waals surface area contributed by atoms with E-state index in [0.717, 1.165) is 37.7 Å². The van der Waals surface area contributed by atoms with E-state index >= 15 is 0 Å². The van der Waals surface area contributed by atoms with Gasteiger partial charge in [-0.15, -0.1) is 0 Å². The largest absolute Gasteiger partial charge is 0.236 e. The summed E-state index contributed by atoms with van der Waals surface area (Å²) in [6.45, 7) is 4.32. The highest BCUT2D eigenvalue weighted by Gasteiger charge is 2.16. The summed E-state index contributed by atoms with van der Waals surface area (Å²) in [6.07, 6.45) is 16.8. The molecule has 0 amide bonds. The first-order valence-electron chi connectivity index (χ1n) is 11.0. The summed E-state index contributed by atoms with van der Waals surface area (Å²) in [6, 6.07) is 3.27. The Morgan fingerprint density at radius 3 is 1.93 bits per heavy atom. The van der Waals surface area contributed by atoms with Crippen LogP contribution in [0.3, 0.4) is 0 Å². The van der Waals surface area contributed by atoms with Crippen molar-refractivity contribution in [1.29, 1.82) is 0 Å². The fraction of sp³-hybridized carbons (Fsp3) is 0.583. The van der Waals surface area contributed by atoms with Gasteiger partial charge in [-0.3, -0.25) is 0 Å². The highest BCUT2D eigenvalue weighted by atomic mass is 19.2. The molecule has 0 bridgehead atoms. The Balaban J connectivity index is 1.89. The number of rotatable bonds is 13. The lowest BCUT2D eigenvalue weighted by atomic mass is 10.0. The fourth-order valence-corrected chi connectivity index (χ4v) is 3.43. The molecule has 0 saturated heterocycles. The van der Waals surface area contributed by atoms with Crippen molar-refractivity contribution in [3.05, 3.63) is 47.3 Å². The van der Waals surface area contributed by atoms with Crippen LogP contribution in [0.2, 0.25) is 0 Å². The molecule has 154 valence electrons. The summed E-state index contributed by atoms with van der Waals surface area (Å²) in [4.78, 5) is 8.56. The van der Waals surface area contributed by atoms with Crippen LogP contribution in [0.1, 0.15) is 89.2 Å². The monoisotopic (exact) mass is 388 g/mol. The van der Waals surface area contributed by atoms with E-state index in [-0.39, 0.29) is 11.4 Å². The lowest BCUT2D eigenvalue weighted by Gasteiger charge is -2.08. The van der Waals surface area contributed by atoms with Crippen molar-refractivity contribution >= 4 is 0 Å². The summed E-state index contributed by atoms with van der Waals surface area (Å²) in [5.41, 5.74) is 1.62. The van der Waals surface area contributed by atoms with Crippen molar-refractivity contribution in [2.75, 3.05) is 0 Å². The van der Waals surface area contributed by atoms with Gasteiger partial charge in [0.15, 0.2) is 17.5 Å². The molecule has 1 heterocycles. The molecule has 0 N–H and O–H groups in total. The van der Waals surface area contributed by atoms with Gasteiger partial charge in [0, 0.05) is 12.4 Å². The Labute approximate surface area is 168 Å². The first-order chi connectivity index (χ1) is 13.7. The van der Waals surface area contributed by atoms with E-state index in [1.807, 2.05) is 0 Å². The molecule has 0 spiro atoms. The Morgan fingerprint density at radius 2 is 1.25 bits per heavy atom. The maximum Gasteiger partial charge on any atom is 0.170 e. The average Bonchev–Trinajstić information content (AvgIpc) is 2.71. The van der Waals surface area contributed by atoms with Gasteiger partial charge in [-0.1, -0.05) is 71.3 Å². The van der Waals surface area contributed by atoms with Gasteiger partial charge in [0.2, 0.25) is 0 Å². The number of benzene rings is 1. The summed E-state index contributed by atoms with van der Waals surface area (Å²) in [5.74, 6) is -1.35. The van der Waals surface area contributed by atoms with Crippen molar-refractivity contribution in [1.82, 2.24) is 9.97 Å². The van der Waals surface area contributed by atoms with E-state index in [2.05, 4.69) is 23.8 Å². The molecule has 2 aromatic rings. The lowest BCUT2D eigenvalue weighted by Crippen LogP contribution is -2.00. The van der Waals surface area contributed by atoms with Crippen LogP contribution < -0.4 is 0 Å². The van der Waals surface area contributed by atoms with Crippen molar-refractivity contribution in [3.63, 3.8) is 0 Å². The van der Waals surface area contributed by atoms with E-state index < -0.39 is 11.6 Å². The van der Waals surface area contributed by atoms with Gasteiger partial charge in [0.1, 0.15) is 0 Å². The molecule has 2 nitrogen and oxygen atoms in total. The highest BCUT2D eigenvalue weighted by Crippen LogP contribution is 2.25. The number of halogens is 2. The first-order valence-corrected chi connectivity index (χ1v) is 11.0. The van der Waals surface area contributed by atoms with Gasteiger partial charge < -0.3 is 0 Å². The van der Waals surface area contributed by atoms with E-state index in [1.54, 1.807) is 24.5 Å². The van der Waals surface area contributed by atoms with Gasteiger partial charge in [0.25, 0.3) is 0 Å². The molecule has 0 aliphatic heterocycles. The maximum absolute atomic E-state index is 14.5. The Kier molecular flexibility index (Phi) is 10.1. The summed E-state index contributed by atoms with van der Waals surface area (Å²) < 4.78 is 28.8. The number of unbranched alkanes of at least 4 members (excludes halogenated alkanes) is 8. The molecule has 0 radical (unpaired) electrons. The zero-order valence-corrected chi connectivity index (χ0v) is 17.4. The summed E-state index contributed by atoms with van der Waals surface area (Å²) in [5, 5.41) is 0. The Hall–Kier alpha value is -1.84. The number of hydrogen-bond donors (Lipinski definition) is 0. The number of aryl methyl sites for hydroxylation is 2. The Bertz CT molecular complexity index is 698. The molecule has 4 heteroatoms. The van der Waals surface area contributed by atoms with Crippen molar-refractivity contribution < 1.29 is 8.78 Å². The summed E-state index contributed by atoms with van der Waals surface area (Å²) in [7, 11) is 0. The predicted octanol–water partition coefficient (Wildman–Crippen LogP) is 7.45. The van der Waals surface area contributed by atoms with E-state index in [9.17, 15) is 8.78 Å². The van der Waals surface area contributed by atoms with Crippen LogP contribution in [0.4, 0.5) is 8.78 Å². The normalized spacial score (nSPS) is 11.1. The van der Waals surface area contributed by atoms with Crippen LogP contribution >= 0.6 is 0 Å². The molecular formula is C24H34F2N2. The topological polar surface area (TPSA) is 25.8 Å². The van der Waals surface area contributed by atoms with Crippen LogP contribution in [0.15, 0.2) is 24.5 Å². The third-order valence-electron chi connectivity index (χ3n) is 5.23. The number of aromatic nitrogens is 2. The average molecular weight is 389 g/mol. The molecule has 1 aromatic carbocycles.